The van der Waals surface area contributed by atoms with Gasteiger partial charge in [0.25, 0.3) is 0 Å². The van der Waals surface area contributed by atoms with Gasteiger partial charge in [0.2, 0.25) is 5.91 Å². The number of nitrogens with zero attached hydrogens (tertiary/aromatic N) is 3. The molecule has 2 N–H and O–H groups in total. The Morgan fingerprint density at radius 1 is 1.03 bits per heavy atom. The molecular formula is C24H27N5O4S. The second-order valence-corrected chi connectivity index (χ2v) is 8.48. The van der Waals surface area contributed by atoms with Crippen LogP contribution in [0, 0.1) is 13.8 Å². The zero-order valence-corrected chi connectivity index (χ0v) is 20.1. The molecule has 3 aromatic rings. The van der Waals surface area contributed by atoms with Gasteiger partial charge in [0.15, 0.2) is 5.16 Å². The molecule has 34 heavy (non-hydrogen) atoms. The number of hydrogen-bond acceptors (Lipinski definition) is 7. The fourth-order valence-corrected chi connectivity index (χ4v) is 3.85. The van der Waals surface area contributed by atoms with Crippen molar-refractivity contribution in [2.24, 2.45) is 0 Å². The van der Waals surface area contributed by atoms with Crippen LogP contribution in [0.15, 0.2) is 53.7 Å². The Labute approximate surface area is 202 Å². The molecule has 0 unspecified atom stereocenters. The number of anilines is 1. The van der Waals surface area contributed by atoms with E-state index in [1.807, 2.05) is 56.3 Å². The van der Waals surface area contributed by atoms with Crippen molar-refractivity contribution in [3.8, 4) is 0 Å². The summed E-state index contributed by atoms with van der Waals surface area (Å²) < 4.78 is 6.81. The van der Waals surface area contributed by atoms with Gasteiger partial charge >= 0.3 is 12.0 Å². The molecule has 9 nitrogen and oxygen atoms in total. The Hall–Kier alpha value is -3.66. The standard InChI is InChI=1S/C24H27N5O4S/c1-4-33-22(31)13-20-27-28-24(29(20)14-18-8-6-5-7-9-18)34-15-21(30)26-23(32)25-19-11-10-16(2)17(3)12-19/h5-12H,4,13-15H2,1-3H3,(H2,25,26,30,32). The Bertz CT molecular complexity index is 1160. The highest BCUT2D eigenvalue weighted by atomic mass is 32.2. The molecule has 0 radical (unpaired) electrons. The summed E-state index contributed by atoms with van der Waals surface area (Å²) in [5.74, 6) is -0.487. The van der Waals surface area contributed by atoms with E-state index in [0.717, 1.165) is 28.5 Å². The number of esters is 1. The molecule has 0 saturated carbocycles. The van der Waals surface area contributed by atoms with Crippen LogP contribution in [0.3, 0.4) is 0 Å². The Kier molecular flexibility index (Phi) is 8.80. The van der Waals surface area contributed by atoms with Crippen molar-refractivity contribution >= 4 is 35.4 Å². The molecule has 0 saturated heterocycles. The summed E-state index contributed by atoms with van der Waals surface area (Å²) in [7, 11) is 0. The van der Waals surface area contributed by atoms with Crippen molar-refractivity contribution in [1.29, 1.82) is 0 Å². The number of urea groups is 1. The topological polar surface area (TPSA) is 115 Å². The van der Waals surface area contributed by atoms with Gasteiger partial charge in [-0.15, -0.1) is 10.2 Å². The summed E-state index contributed by atoms with van der Waals surface area (Å²) in [5, 5.41) is 13.7. The van der Waals surface area contributed by atoms with Crippen LogP contribution in [0.25, 0.3) is 0 Å². The maximum atomic E-state index is 12.4. The fourth-order valence-electron chi connectivity index (χ4n) is 3.10. The summed E-state index contributed by atoms with van der Waals surface area (Å²) in [6.45, 7) is 6.37. The number of carbonyl (C=O) groups is 3. The normalized spacial score (nSPS) is 10.6. The molecule has 0 aliphatic rings. The van der Waals surface area contributed by atoms with E-state index in [1.165, 1.54) is 0 Å². The molecule has 3 rings (SSSR count). The molecule has 2 aromatic carbocycles. The number of benzene rings is 2. The van der Waals surface area contributed by atoms with Crippen LogP contribution in [0.1, 0.15) is 29.4 Å². The van der Waals surface area contributed by atoms with Crippen LogP contribution >= 0.6 is 11.8 Å². The highest BCUT2D eigenvalue weighted by Gasteiger charge is 2.18. The summed E-state index contributed by atoms with van der Waals surface area (Å²) >= 11 is 1.13. The largest absolute Gasteiger partial charge is 0.466 e. The lowest BCUT2D eigenvalue weighted by Crippen LogP contribution is -2.35. The lowest BCUT2D eigenvalue weighted by Gasteiger charge is -2.11. The Balaban J connectivity index is 1.63. The minimum atomic E-state index is -0.609. The van der Waals surface area contributed by atoms with E-state index in [9.17, 15) is 14.4 Å². The number of carbonyl (C=O) groups excluding carboxylic acids is 3. The maximum Gasteiger partial charge on any atom is 0.325 e. The smallest absolute Gasteiger partial charge is 0.325 e. The predicted molar refractivity (Wildman–Crippen MR) is 130 cm³/mol. The van der Waals surface area contributed by atoms with Gasteiger partial charge < -0.3 is 14.6 Å². The lowest BCUT2D eigenvalue weighted by molar-refractivity contribution is -0.142. The molecule has 10 heteroatoms. The second-order valence-electron chi connectivity index (χ2n) is 7.54. The third-order valence-electron chi connectivity index (χ3n) is 4.93. The second kappa shape index (κ2) is 12.0. The van der Waals surface area contributed by atoms with Crippen LogP contribution < -0.4 is 10.6 Å². The maximum absolute atomic E-state index is 12.4. The number of aryl methyl sites for hydroxylation is 2. The first-order valence-electron chi connectivity index (χ1n) is 10.8. The van der Waals surface area contributed by atoms with Crippen molar-refractivity contribution < 1.29 is 19.1 Å². The fraction of sp³-hybridized carbons (Fsp3) is 0.292. The van der Waals surface area contributed by atoms with E-state index < -0.39 is 17.9 Å². The van der Waals surface area contributed by atoms with Crippen LogP contribution in [0.4, 0.5) is 10.5 Å². The molecule has 1 aromatic heterocycles. The molecule has 0 fully saturated rings. The molecule has 0 atom stereocenters. The highest BCUT2D eigenvalue weighted by Crippen LogP contribution is 2.19. The first kappa shape index (κ1) is 25.0. The quantitative estimate of drug-likeness (QED) is 0.355. The summed E-state index contributed by atoms with van der Waals surface area (Å²) in [6, 6.07) is 14.6. The molecule has 0 aliphatic carbocycles. The van der Waals surface area contributed by atoms with E-state index in [0.29, 0.717) is 23.2 Å². The first-order chi connectivity index (χ1) is 16.4. The van der Waals surface area contributed by atoms with Crippen LogP contribution in [0.2, 0.25) is 0 Å². The predicted octanol–water partition coefficient (Wildman–Crippen LogP) is 3.49. The van der Waals surface area contributed by atoms with Crippen LogP contribution in [-0.4, -0.2) is 45.0 Å². The molecular weight excluding hydrogens is 454 g/mol. The third-order valence-corrected chi connectivity index (χ3v) is 5.90. The van der Waals surface area contributed by atoms with Gasteiger partial charge in [0.1, 0.15) is 12.2 Å². The van der Waals surface area contributed by atoms with Gasteiger partial charge in [0, 0.05) is 5.69 Å². The Morgan fingerprint density at radius 3 is 2.50 bits per heavy atom. The molecule has 3 amide bonds. The summed E-state index contributed by atoms with van der Waals surface area (Å²) in [5.41, 5.74) is 3.75. The molecule has 0 aliphatic heterocycles. The average molecular weight is 482 g/mol. The number of nitrogens with one attached hydrogen (secondary N) is 2. The third kappa shape index (κ3) is 7.17. The van der Waals surface area contributed by atoms with E-state index in [2.05, 4.69) is 20.8 Å². The summed E-state index contributed by atoms with van der Waals surface area (Å²) in [4.78, 5) is 36.5. The zero-order chi connectivity index (χ0) is 24.5. The molecule has 0 bridgehead atoms. The van der Waals surface area contributed by atoms with Crippen molar-refractivity contribution in [2.45, 2.75) is 38.9 Å². The minimum absolute atomic E-state index is 0.0290. The number of thioether (sulfide) groups is 1. The number of hydrogen-bond donors (Lipinski definition) is 2. The van der Waals surface area contributed by atoms with Gasteiger partial charge in [-0.05, 0) is 49.6 Å². The number of aromatic nitrogens is 3. The first-order valence-corrected chi connectivity index (χ1v) is 11.8. The van der Waals surface area contributed by atoms with E-state index in [4.69, 9.17) is 4.74 Å². The van der Waals surface area contributed by atoms with E-state index in [-0.39, 0.29) is 18.8 Å². The molecule has 178 valence electrons. The molecule has 0 spiro atoms. The van der Waals surface area contributed by atoms with Crippen LogP contribution in [0.5, 0.6) is 0 Å². The summed E-state index contributed by atoms with van der Waals surface area (Å²) in [6.07, 6.45) is -0.0290. The van der Waals surface area contributed by atoms with Crippen molar-refractivity contribution in [3.05, 3.63) is 71.0 Å². The van der Waals surface area contributed by atoms with Crippen molar-refractivity contribution in [2.75, 3.05) is 17.7 Å². The average Bonchev–Trinajstić information content (AvgIpc) is 3.16. The number of amides is 3. The minimum Gasteiger partial charge on any atom is -0.466 e. The van der Waals surface area contributed by atoms with Crippen molar-refractivity contribution in [3.63, 3.8) is 0 Å². The number of imide groups is 1. The number of rotatable bonds is 9. The van der Waals surface area contributed by atoms with Gasteiger partial charge in [0.05, 0.1) is 18.9 Å². The van der Waals surface area contributed by atoms with Crippen LogP contribution in [-0.2, 0) is 27.3 Å². The van der Waals surface area contributed by atoms with Gasteiger partial charge in [-0.2, -0.15) is 0 Å². The van der Waals surface area contributed by atoms with Gasteiger partial charge in [-0.1, -0.05) is 48.2 Å². The zero-order valence-electron chi connectivity index (χ0n) is 19.3. The van der Waals surface area contributed by atoms with Gasteiger partial charge in [-0.25, -0.2) is 4.79 Å². The highest BCUT2D eigenvalue weighted by molar-refractivity contribution is 7.99. The van der Waals surface area contributed by atoms with Crippen molar-refractivity contribution in [1.82, 2.24) is 20.1 Å². The Morgan fingerprint density at radius 2 is 1.79 bits per heavy atom. The van der Waals surface area contributed by atoms with E-state index >= 15 is 0 Å². The lowest BCUT2D eigenvalue weighted by atomic mass is 10.1. The molecule has 1 heterocycles. The SMILES string of the molecule is CCOC(=O)Cc1nnc(SCC(=O)NC(=O)Nc2ccc(C)c(C)c2)n1Cc1ccccc1. The van der Waals surface area contributed by atoms with Gasteiger partial charge in [-0.3, -0.25) is 14.9 Å². The van der Waals surface area contributed by atoms with E-state index in [1.54, 1.807) is 17.6 Å². The monoisotopic (exact) mass is 481 g/mol. The number of ether oxygens (including phenoxy) is 1.